The van der Waals surface area contributed by atoms with Crippen molar-refractivity contribution >= 4 is 21.1 Å². The van der Waals surface area contributed by atoms with E-state index in [1.54, 1.807) is 11.6 Å². The van der Waals surface area contributed by atoms with Gasteiger partial charge in [-0.2, -0.15) is 0 Å². The number of nitrogens with one attached hydrogen (secondary N) is 2. The van der Waals surface area contributed by atoms with Crippen molar-refractivity contribution in [3.63, 3.8) is 0 Å². The van der Waals surface area contributed by atoms with E-state index in [0.717, 1.165) is 16.9 Å². The SMILES string of the molecule is CC(C)c1nc(S(=O)(=O)NCc2nc3ccccc3[nH]2)cn1C. The Morgan fingerprint density at radius 2 is 2.00 bits per heavy atom. The van der Waals surface area contributed by atoms with Crippen molar-refractivity contribution in [2.24, 2.45) is 7.05 Å². The number of hydrogen-bond acceptors (Lipinski definition) is 4. The summed E-state index contributed by atoms with van der Waals surface area (Å²) in [7, 11) is -1.88. The van der Waals surface area contributed by atoms with Gasteiger partial charge in [0.1, 0.15) is 11.6 Å². The average molecular weight is 333 g/mol. The molecule has 7 nitrogen and oxygen atoms in total. The minimum Gasteiger partial charge on any atom is -0.341 e. The zero-order valence-corrected chi connectivity index (χ0v) is 14.1. The summed E-state index contributed by atoms with van der Waals surface area (Å²) >= 11 is 0. The van der Waals surface area contributed by atoms with Crippen LogP contribution in [0.1, 0.15) is 31.4 Å². The molecule has 2 aromatic heterocycles. The highest BCUT2D eigenvalue weighted by atomic mass is 32.2. The number of H-pyrrole nitrogens is 1. The molecule has 0 aliphatic carbocycles. The number of rotatable bonds is 5. The summed E-state index contributed by atoms with van der Waals surface area (Å²) in [5, 5.41) is 0.0276. The van der Waals surface area contributed by atoms with Crippen molar-refractivity contribution in [3.05, 3.63) is 42.1 Å². The van der Waals surface area contributed by atoms with Gasteiger partial charge >= 0.3 is 0 Å². The maximum Gasteiger partial charge on any atom is 0.259 e. The fraction of sp³-hybridized carbons (Fsp3) is 0.333. The lowest BCUT2D eigenvalue weighted by molar-refractivity contribution is 0.576. The number of aromatic nitrogens is 4. The van der Waals surface area contributed by atoms with E-state index in [4.69, 9.17) is 0 Å². The van der Waals surface area contributed by atoms with Gasteiger partial charge in [-0.25, -0.2) is 23.1 Å². The van der Waals surface area contributed by atoms with Crippen LogP contribution in [0.2, 0.25) is 0 Å². The van der Waals surface area contributed by atoms with Crippen molar-refractivity contribution in [1.82, 2.24) is 24.2 Å². The van der Waals surface area contributed by atoms with Gasteiger partial charge < -0.3 is 9.55 Å². The van der Waals surface area contributed by atoms with Crippen LogP contribution in [0.25, 0.3) is 11.0 Å². The second-order valence-electron chi connectivity index (χ2n) is 5.73. The van der Waals surface area contributed by atoms with Gasteiger partial charge in [-0.1, -0.05) is 26.0 Å². The number of sulfonamides is 1. The summed E-state index contributed by atoms with van der Waals surface area (Å²) in [6.07, 6.45) is 1.52. The molecule has 0 aliphatic heterocycles. The van der Waals surface area contributed by atoms with Crippen molar-refractivity contribution in [3.8, 4) is 0 Å². The largest absolute Gasteiger partial charge is 0.341 e. The monoisotopic (exact) mass is 333 g/mol. The molecule has 23 heavy (non-hydrogen) atoms. The number of benzene rings is 1. The number of fused-ring (bicyclic) bond motifs is 1. The molecule has 2 heterocycles. The Balaban J connectivity index is 1.79. The Hall–Kier alpha value is -2.19. The van der Waals surface area contributed by atoms with Crippen molar-refractivity contribution in [1.29, 1.82) is 0 Å². The number of para-hydroxylation sites is 2. The summed E-state index contributed by atoms with van der Waals surface area (Å²) < 4.78 is 29.0. The Kier molecular flexibility index (Phi) is 3.95. The molecule has 0 fully saturated rings. The summed E-state index contributed by atoms with van der Waals surface area (Å²) in [6, 6.07) is 7.56. The maximum absolute atomic E-state index is 12.4. The van der Waals surface area contributed by atoms with Crippen molar-refractivity contribution in [2.75, 3.05) is 0 Å². The van der Waals surface area contributed by atoms with Crippen LogP contribution < -0.4 is 4.72 Å². The predicted octanol–water partition coefficient (Wildman–Crippen LogP) is 1.90. The van der Waals surface area contributed by atoms with Crippen LogP contribution in [0.3, 0.4) is 0 Å². The van der Waals surface area contributed by atoms with Gasteiger partial charge in [0.25, 0.3) is 10.0 Å². The predicted molar refractivity (Wildman–Crippen MR) is 87.4 cm³/mol. The normalized spacial score (nSPS) is 12.3. The van der Waals surface area contributed by atoms with E-state index in [-0.39, 0.29) is 17.5 Å². The van der Waals surface area contributed by atoms with E-state index >= 15 is 0 Å². The fourth-order valence-corrected chi connectivity index (χ4v) is 3.43. The first-order valence-electron chi connectivity index (χ1n) is 7.33. The summed E-state index contributed by atoms with van der Waals surface area (Å²) in [5.74, 6) is 1.45. The van der Waals surface area contributed by atoms with Crippen LogP contribution in [-0.4, -0.2) is 27.9 Å². The van der Waals surface area contributed by atoms with Crippen LogP contribution in [0.15, 0.2) is 35.5 Å². The Labute approximate surface area is 134 Å². The molecular weight excluding hydrogens is 314 g/mol. The quantitative estimate of drug-likeness (QED) is 0.746. The van der Waals surface area contributed by atoms with Gasteiger partial charge in [-0.15, -0.1) is 0 Å². The second kappa shape index (κ2) is 5.78. The number of aryl methyl sites for hydroxylation is 1. The van der Waals surface area contributed by atoms with Crippen LogP contribution in [0.4, 0.5) is 0 Å². The Bertz CT molecular complexity index is 907. The Morgan fingerprint density at radius 1 is 1.26 bits per heavy atom. The van der Waals surface area contributed by atoms with Crippen molar-refractivity contribution < 1.29 is 8.42 Å². The summed E-state index contributed by atoms with van der Waals surface area (Å²) in [5.41, 5.74) is 1.68. The first kappa shape index (κ1) is 15.7. The lowest BCUT2D eigenvalue weighted by atomic mass is 10.2. The second-order valence-corrected chi connectivity index (χ2v) is 7.44. The maximum atomic E-state index is 12.4. The molecule has 0 bridgehead atoms. The number of aromatic amines is 1. The van der Waals surface area contributed by atoms with Gasteiger partial charge in [-0.05, 0) is 12.1 Å². The molecule has 3 aromatic rings. The van der Waals surface area contributed by atoms with E-state index < -0.39 is 10.0 Å². The molecule has 0 radical (unpaired) electrons. The highest BCUT2D eigenvalue weighted by Crippen LogP contribution is 2.16. The van der Waals surface area contributed by atoms with Crippen LogP contribution in [0.5, 0.6) is 0 Å². The summed E-state index contributed by atoms with van der Waals surface area (Å²) in [4.78, 5) is 11.7. The molecular formula is C15H19N5O2S. The van der Waals surface area contributed by atoms with Crippen LogP contribution in [0, 0.1) is 0 Å². The minimum absolute atomic E-state index is 0.0276. The Morgan fingerprint density at radius 3 is 2.65 bits per heavy atom. The average Bonchev–Trinajstić information content (AvgIpc) is 3.08. The smallest absolute Gasteiger partial charge is 0.259 e. The van der Waals surface area contributed by atoms with E-state index in [0.29, 0.717) is 5.82 Å². The molecule has 3 rings (SSSR count). The van der Waals surface area contributed by atoms with E-state index in [1.807, 2.05) is 38.1 Å². The fourth-order valence-electron chi connectivity index (χ4n) is 2.44. The van der Waals surface area contributed by atoms with Gasteiger partial charge in [-0.3, -0.25) is 0 Å². The molecule has 0 amide bonds. The van der Waals surface area contributed by atoms with Gasteiger partial charge in [0.05, 0.1) is 17.6 Å². The van der Waals surface area contributed by atoms with Crippen LogP contribution >= 0.6 is 0 Å². The van der Waals surface area contributed by atoms with E-state index in [2.05, 4.69) is 19.7 Å². The first-order valence-corrected chi connectivity index (χ1v) is 8.81. The zero-order valence-electron chi connectivity index (χ0n) is 13.2. The third-order valence-corrected chi connectivity index (χ3v) is 4.82. The van der Waals surface area contributed by atoms with Crippen LogP contribution in [-0.2, 0) is 23.6 Å². The van der Waals surface area contributed by atoms with Crippen molar-refractivity contribution in [2.45, 2.75) is 31.3 Å². The molecule has 8 heteroatoms. The summed E-state index contributed by atoms with van der Waals surface area (Å²) in [6.45, 7) is 4.03. The number of hydrogen-bond donors (Lipinski definition) is 2. The van der Waals surface area contributed by atoms with E-state index in [9.17, 15) is 8.42 Å². The van der Waals surface area contributed by atoms with Gasteiger partial charge in [0.2, 0.25) is 0 Å². The minimum atomic E-state index is -3.67. The highest BCUT2D eigenvalue weighted by molar-refractivity contribution is 7.89. The molecule has 0 spiro atoms. The lowest BCUT2D eigenvalue weighted by Gasteiger charge is -2.03. The lowest BCUT2D eigenvalue weighted by Crippen LogP contribution is -2.24. The molecule has 0 aliphatic rings. The van der Waals surface area contributed by atoms with Gasteiger partial charge in [0.15, 0.2) is 5.03 Å². The number of imidazole rings is 2. The molecule has 0 saturated carbocycles. The van der Waals surface area contributed by atoms with Gasteiger partial charge in [0, 0.05) is 19.2 Å². The topological polar surface area (TPSA) is 92.7 Å². The highest BCUT2D eigenvalue weighted by Gasteiger charge is 2.20. The molecule has 1 aromatic carbocycles. The first-order chi connectivity index (χ1) is 10.9. The molecule has 122 valence electrons. The third kappa shape index (κ3) is 3.13. The number of nitrogens with zero attached hydrogens (tertiary/aromatic N) is 3. The molecule has 0 saturated heterocycles. The third-order valence-electron chi connectivity index (χ3n) is 3.55. The molecule has 2 N–H and O–H groups in total. The van der Waals surface area contributed by atoms with E-state index in [1.165, 1.54) is 6.20 Å². The molecule has 0 atom stereocenters. The standard InChI is InChI=1S/C15H19N5O2S/c1-10(2)15-19-14(9-20(15)3)23(21,22)16-8-13-17-11-6-4-5-7-12(11)18-13/h4-7,9-10,16H,8H2,1-3H3,(H,17,18). The zero-order chi connectivity index (χ0) is 16.6. The molecule has 0 unspecified atom stereocenters.